The predicted octanol–water partition coefficient (Wildman–Crippen LogP) is 5.20. The van der Waals surface area contributed by atoms with Gasteiger partial charge in [-0.1, -0.05) is 48.9 Å². The van der Waals surface area contributed by atoms with Gasteiger partial charge in [0.1, 0.15) is 10.9 Å². The summed E-state index contributed by atoms with van der Waals surface area (Å²) in [5.74, 6) is -0.258. The number of hydrogen-bond donors (Lipinski definition) is 1. The molecule has 1 atom stereocenters. The van der Waals surface area contributed by atoms with Gasteiger partial charge in [-0.05, 0) is 43.5 Å². The molecule has 0 bridgehead atoms. The van der Waals surface area contributed by atoms with Crippen molar-refractivity contribution >= 4 is 33.1 Å². The van der Waals surface area contributed by atoms with Crippen LogP contribution in [0.2, 0.25) is 0 Å². The molecule has 30 heavy (non-hydrogen) atoms. The molecule has 0 saturated carbocycles. The average molecular weight is 418 g/mol. The molecule has 1 N–H and O–H groups in total. The number of rotatable bonds is 5. The van der Waals surface area contributed by atoms with Crippen molar-refractivity contribution in [1.29, 1.82) is 0 Å². The number of amides is 1. The summed E-state index contributed by atoms with van der Waals surface area (Å²) in [4.78, 5) is 31.2. The molecule has 1 amide bonds. The zero-order chi connectivity index (χ0) is 21.3. The molecule has 4 aromatic rings. The van der Waals surface area contributed by atoms with Crippen molar-refractivity contribution in [2.75, 3.05) is 5.32 Å². The summed E-state index contributed by atoms with van der Waals surface area (Å²) in [6, 6.07) is 15.1. The average Bonchev–Trinajstić information content (AvgIpc) is 3.20. The Morgan fingerprint density at radius 1 is 1.13 bits per heavy atom. The molecule has 2 aromatic heterocycles. The van der Waals surface area contributed by atoms with E-state index in [4.69, 9.17) is 0 Å². The number of hydrogen-bond acceptors (Lipinski definition) is 4. The maximum Gasteiger partial charge on any atom is 0.263 e. The smallest absolute Gasteiger partial charge is 0.263 e. The highest BCUT2D eigenvalue weighted by molar-refractivity contribution is 7.17. The van der Waals surface area contributed by atoms with E-state index < -0.39 is 6.04 Å². The third kappa shape index (κ3) is 3.78. The first-order chi connectivity index (χ1) is 14.5. The van der Waals surface area contributed by atoms with Crippen LogP contribution in [0.5, 0.6) is 0 Å². The Morgan fingerprint density at radius 3 is 2.50 bits per heavy atom. The Hall–Kier alpha value is -3.25. The highest BCUT2D eigenvalue weighted by Gasteiger charge is 2.20. The van der Waals surface area contributed by atoms with Gasteiger partial charge in [-0.15, -0.1) is 11.3 Å². The fourth-order valence-electron chi connectivity index (χ4n) is 3.36. The number of benzene rings is 2. The van der Waals surface area contributed by atoms with Gasteiger partial charge in [0.25, 0.3) is 5.56 Å². The van der Waals surface area contributed by atoms with Gasteiger partial charge in [0, 0.05) is 16.6 Å². The molecule has 0 aliphatic heterocycles. The molecule has 6 heteroatoms. The summed E-state index contributed by atoms with van der Waals surface area (Å²) in [5, 5.41) is 5.39. The molecule has 2 heterocycles. The Labute approximate surface area is 179 Å². The lowest BCUT2D eigenvalue weighted by molar-refractivity contribution is -0.118. The van der Waals surface area contributed by atoms with E-state index in [1.54, 1.807) is 6.92 Å². The predicted molar refractivity (Wildman–Crippen MR) is 123 cm³/mol. The van der Waals surface area contributed by atoms with Crippen LogP contribution in [0.25, 0.3) is 21.3 Å². The molecule has 4 rings (SSSR count). The number of nitrogens with zero attached hydrogens (tertiary/aromatic N) is 2. The largest absolute Gasteiger partial charge is 0.324 e. The Balaban J connectivity index is 1.69. The van der Waals surface area contributed by atoms with E-state index in [1.807, 2.05) is 48.7 Å². The molecular formula is C24H23N3O2S. The SMILES string of the molecule is CCc1ccc(-c2csc3ncn(C(C)C(=O)Nc4ccc(C)cc4)c(=O)c23)cc1. The van der Waals surface area contributed by atoms with Crippen molar-refractivity contribution in [2.24, 2.45) is 0 Å². The van der Waals surface area contributed by atoms with Crippen LogP contribution in [0.3, 0.4) is 0 Å². The van der Waals surface area contributed by atoms with Gasteiger partial charge >= 0.3 is 0 Å². The molecule has 5 nitrogen and oxygen atoms in total. The summed E-state index contributed by atoms with van der Waals surface area (Å²) < 4.78 is 1.41. The highest BCUT2D eigenvalue weighted by atomic mass is 32.1. The van der Waals surface area contributed by atoms with Gasteiger partial charge in [0.2, 0.25) is 5.91 Å². The quantitative estimate of drug-likeness (QED) is 0.486. The molecule has 0 spiro atoms. The van der Waals surface area contributed by atoms with E-state index >= 15 is 0 Å². The summed E-state index contributed by atoms with van der Waals surface area (Å²) >= 11 is 1.44. The summed E-state index contributed by atoms with van der Waals surface area (Å²) in [5.41, 5.74) is 4.69. The first-order valence-corrected chi connectivity index (χ1v) is 10.8. The van der Waals surface area contributed by atoms with E-state index in [0.29, 0.717) is 15.9 Å². The van der Waals surface area contributed by atoms with Crippen LogP contribution in [0.4, 0.5) is 5.69 Å². The topological polar surface area (TPSA) is 64.0 Å². The fourth-order valence-corrected chi connectivity index (χ4v) is 4.27. The highest BCUT2D eigenvalue weighted by Crippen LogP contribution is 2.31. The Kier molecular flexibility index (Phi) is 5.50. The van der Waals surface area contributed by atoms with Crippen molar-refractivity contribution in [3.05, 3.63) is 81.7 Å². The molecule has 0 radical (unpaired) electrons. The second-order valence-electron chi connectivity index (χ2n) is 7.37. The third-order valence-corrected chi connectivity index (χ3v) is 6.19. The second-order valence-corrected chi connectivity index (χ2v) is 8.23. The van der Waals surface area contributed by atoms with Crippen LogP contribution in [0.15, 0.2) is 65.0 Å². The number of fused-ring (bicyclic) bond motifs is 1. The fraction of sp³-hybridized carbons (Fsp3) is 0.208. The van der Waals surface area contributed by atoms with E-state index in [1.165, 1.54) is 27.8 Å². The number of aromatic nitrogens is 2. The van der Waals surface area contributed by atoms with Gasteiger partial charge in [0.15, 0.2) is 0 Å². The Bertz CT molecular complexity index is 1250. The number of aryl methyl sites for hydroxylation is 2. The molecule has 1 unspecified atom stereocenters. The van der Waals surface area contributed by atoms with Crippen LogP contribution in [0.1, 0.15) is 31.0 Å². The molecule has 0 aliphatic carbocycles. The van der Waals surface area contributed by atoms with Gasteiger partial charge in [0.05, 0.1) is 11.7 Å². The van der Waals surface area contributed by atoms with Crippen molar-refractivity contribution in [3.8, 4) is 11.1 Å². The summed E-state index contributed by atoms with van der Waals surface area (Å²) in [6.07, 6.45) is 2.43. The first-order valence-electron chi connectivity index (χ1n) is 9.93. The zero-order valence-electron chi connectivity index (χ0n) is 17.2. The van der Waals surface area contributed by atoms with E-state index in [0.717, 1.165) is 23.1 Å². The minimum Gasteiger partial charge on any atom is -0.324 e. The molecule has 152 valence electrons. The van der Waals surface area contributed by atoms with Crippen LogP contribution < -0.4 is 10.9 Å². The lowest BCUT2D eigenvalue weighted by atomic mass is 10.0. The minimum absolute atomic E-state index is 0.206. The van der Waals surface area contributed by atoms with E-state index in [2.05, 4.69) is 29.4 Å². The van der Waals surface area contributed by atoms with E-state index in [9.17, 15) is 9.59 Å². The first kappa shape index (κ1) is 20.0. The Morgan fingerprint density at radius 2 is 1.83 bits per heavy atom. The molecule has 0 saturated heterocycles. The van der Waals surface area contributed by atoms with Crippen molar-refractivity contribution in [2.45, 2.75) is 33.2 Å². The van der Waals surface area contributed by atoms with Crippen LogP contribution in [-0.2, 0) is 11.2 Å². The number of anilines is 1. The van der Waals surface area contributed by atoms with Crippen LogP contribution in [-0.4, -0.2) is 15.5 Å². The summed E-state index contributed by atoms with van der Waals surface area (Å²) in [6.45, 7) is 5.81. The molecule has 2 aromatic carbocycles. The number of thiophene rings is 1. The van der Waals surface area contributed by atoms with Gasteiger partial charge in [-0.3, -0.25) is 14.2 Å². The minimum atomic E-state index is -0.689. The monoisotopic (exact) mass is 417 g/mol. The number of nitrogens with one attached hydrogen (secondary N) is 1. The van der Waals surface area contributed by atoms with Gasteiger partial charge < -0.3 is 5.32 Å². The van der Waals surface area contributed by atoms with Crippen LogP contribution >= 0.6 is 11.3 Å². The lowest BCUT2D eigenvalue weighted by Crippen LogP contribution is -2.31. The van der Waals surface area contributed by atoms with Gasteiger partial charge in [-0.2, -0.15) is 0 Å². The molecule has 0 fully saturated rings. The maximum absolute atomic E-state index is 13.3. The number of carbonyl (C=O) groups excluding carboxylic acids is 1. The van der Waals surface area contributed by atoms with Gasteiger partial charge in [-0.25, -0.2) is 4.98 Å². The normalized spacial score (nSPS) is 12.1. The third-order valence-electron chi connectivity index (χ3n) is 5.31. The lowest BCUT2D eigenvalue weighted by Gasteiger charge is -2.15. The maximum atomic E-state index is 13.3. The van der Waals surface area contributed by atoms with Crippen LogP contribution in [0, 0.1) is 6.92 Å². The van der Waals surface area contributed by atoms with E-state index in [-0.39, 0.29) is 11.5 Å². The molecule has 0 aliphatic rings. The second kappa shape index (κ2) is 8.24. The zero-order valence-corrected chi connectivity index (χ0v) is 18.0. The summed E-state index contributed by atoms with van der Waals surface area (Å²) in [7, 11) is 0. The molecular weight excluding hydrogens is 394 g/mol. The number of carbonyl (C=O) groups is 1. The van der Waals surface area contributed by atoms with Crippen molar-refractivity contribution < 1.29 is 4.79 Å². The standard InChI is InChI=1S/C24H23N3O2S/c1-4-17-7-9-18(10-8-17)20-13-30-23-21(20)24(29)27(14-25-23)16(3)22(28)26-19-11-5-15(2)6-12-19/h5-14,16H,4H2,1-3H3,(H,26,28). The van der Waals surface area contributed by atoms with Crippen molar-refractivity contribution in [1.82, 2.24) is 9.55 Å². The van der Waals surface area contributed by atoms with Crippen molar-refractivity contribution in [3.63, 3.8) is 0 Å².